The van der Waals surface area contributed by atoms with Crippen molar-refractivity contribution in [3.63, 3.8) is 0 Å². The van der Waals surface area contributed by atoms with Gasteiger partial charge in [0.2, 0.25) is 0 Å². The highest BCUT2D eigenvalue weighted by atomic mass is 16.5. The van der Waals surface area contributed by atoms with E-state index in [1.165, 1.54) is 17.6 Å². The number of nitrogens with zero attached hydrogens (tertiary/aromatic N) is 1. The zero-order chi connectivity index (χ0) is 17.8. The Balaban J connectivity index is 1.77. The number of rotatable bonds is 1. The molecule has 25 heavy (non-hydrogen) atoms. The zero-order valence-electron chi connectivity index (χ0n) is 15.7. The van der Waals surface area contributed by atoms with Crippen LogP contribution < -0.4 is 0 Å². The summed E-state index contributed by atoms with van der Waals surface area (Å²) in [5, 5.41) is 9.21. The SMILES string of the molecule is COC1CC2(C)C(=CC#N)CCC2C2CC=C3CC(=O)CCC3(C)C12. The van der Waals surface area contributed by atoms with Crippen LogP contribution in [0.15, 0.2) is 23.3 Å². The maximum Gasteiger partial charge on any atom is 0.136 e. The molecule has 0 aromatic rings. The Labute approximate surface area is 151 Å². The summed E-state index contributed by atoms with van der Waals surface area (Å²) < 4.78 is 6.08. The minimum atomic E-state index is 0.101. The lowest BCUT2D eigenvalue weighted by Gasteiger charge is -2.59. The maximum atomic E-state index is 12.0. The largest absolute Gasteiger partial charge is 0.381 e. The Bertz CT molecular complexity index is 699. The van der Waals surface area contributed by atoms with Gasteiger partial charge in [-0.2, -0.15) is 5.26 Å². The van der Waals surface area contributed by atoms with Crippen LogP contribution in [-0.4, -0.2) is 19.0 Å². The standard InChI is InChI=1S/C22H29NO2/c1-21-10-8-16(24)12-15(21)4-6-17-18-7-5-14(9-11-23)22(18,2)13-19(25-3)20(17)21/h4,9,17-20H,5-8,10,12-13H2,1-3H3. The van der Waals surface area contributed by atoms with Gasteiger partial charge in [-0.05, 0) is 60.7 Å². The number of methoxy groups -OCH3 is 1. The number of fused-ring (bicyclic) bond motifs is 5. The van der Waals surface area contributed by atoms with E-state index in [2.05, 4.69) is 26.0 Å². The van der Waals surface area contributed by atoms with Crippen LogP contribution in [0.25, 0.3) is 0 Å². The summed E-state index contributed by atoms with van der Waals surface area (Å²) in [7, 11) is 1.85. The molecule has 0 N–H and O–H groups in total. The Morgan fingerprint density at radius 3 is 2.84 bits per heavy atom. The van der Waals surface area contributed by atoms with Gasteiger partial charge in [0.25, 0.3) is 0 Å². The van der Waals surface area contributed by atoms with Crippen molar-refractivity contribution < 1.29 is 9.53 Å². The highest BCUT2D eigenvalue weighted by Gasteiger charge is 2.60. The molecule has 0 aliphatic heterocycles. The summed E-state index contributed by atoms with van der Waals surface area (Å²) in [6.07, 6.45) is 11.1. The number of ether oxygens (including phenoxy) is 1. The number of hydrogen-bond donors (Lipinski definition) is 0. The van der Waals surface area contributed by atoms with Crippen molar-refractivity contribution >= 4 is 5.78 Å². The molecule has 0 aromatic heterocycles. The van der Waals surface area contributed by atoms with Gasteiger partial charge in [-0.3, -0.25) is 4.79 Å². The molecule has 4 rings (SSSR count). The summed E-state index contributed by atoms with van der Waals surface area (Å²) in [6, 6.07) is 2.28. The first-order valence-electron chi connectivity index (χ1n) is 9.77. The first-order valence-corrected chi connectivity index (χ1v) is 9.77. The minimum absolute atomic E-state index is 0.101. The lowest BCUT2D eigenvalue weighted by Crippen LogP contribution is -2.55. The Kier molecular flexibility index (Phi) is 3.96. The second kappa shape index (κ2) is 5.81. The summed E-state index contributed by atoms with van der Waals surface area (Å²) in [4.78, 5) is 12.0. The van der Waals surface area contributed by atoms with Crippen molar-refractivity contribution in [2.45, 2.75) is 64.9 Å². The van der Waals surface area contributed by atoms with Crippen LogP contribution in [0, 0.1) is 39.9 Å². The van der Waals surface area contributed by atoms with E-state index in [-0.39, 0.29) is 16.9 Å². The molecule has 0 saturated heterocycles. The summed E-state index contributed by atoms with van der Waals surface area (Å²) >= 11 is 0. The fraction of sp³-hybridized carbons (Fsp3) is 0.727. The highest BCUT2D eigenvalue weighted by molar-refractivity contribution is 5.82. The third kappa shape index (κ3) is 2.30. The smallest absolute Gasteiger partial charge is 0.136 e. The average Bonchev–Trinajstić information content (AvgIpc) is 2.91. The minimum Gasteiger partial charge on any atom is -0.381 e. The Morgan fingerprint density at radius 1 is 1.32 bits per heavy atom. The third-order valence-electron chi connectivity index (χ3n) is 8.24. The molecular formula is C22H29NO2. The molecule has 0 spiro atoms. The molecule has 0 aromatic carbocycles. The molecule has 134 valence electrons. The normalized spacial score (nSPS) is 47.5. The molecule has 0 bridgehead atoms. The van der Waals surface area contributed by atoms with Gasteiger partial charge >= 0.3 is 0 Å². The van der Waals surface area contributed by atoms with Gasteiger partial charge in [0.15, 0.2) is 0 Å². The summed E-state index contributed by atoms with van der Waals surface area (Å²) in [5.74, 6) is 2.15. The second-order valence-electron chi connectivity index (χ2n) is 9.13. The molecule has 4 aliphatic rings. The van der Waals surface area contributed by atoms with E-state index in [1.54, 1.807) is 6.08 Å². The van der Waals surface area contributed by atoms with Gasteiger partial charge in [-0.25, -0.2) is 0 Å². The van der Waals surface area contributed by atoms with Gasteiger partial charge in [0.05, 0.1) is 12.2 Å². The van der Waals surface area contributed by atoms with Crippen LogP contribution in [0.4, 0.5) is 0 Å². The third-order valence-corrected chi connectivity index (χ3v) is 8.24. The van der Waals surface area contributed by atoms with Gasteiger partial charge in [-0.15, -0.1) is 0 Å². The molecule has 6 atom stereocenters. The van der Waals surface area contributed by atoms with Gasteiger partial charge in [0.1, 0.15) is 5.78 Å². The Morgan fingerprint density at radius 2 is 2.12 bits per heavy atom. The molecular weight excluding hydrogens is 310 g/mol. The quantitative estimate of drug-likeness (QED) is 0.518. The first-order chi connectivity index (χ1) is 11.9. The van der Waals surface area contributed by atoms with Crippen molar-refractivity contribution in [3.05, 3.63) is 23.3 Å². The van der Waals surface area contributed by atoms with Crippen molar-refractivity contribution in [2.75, 3.05) is 7.11 Å². The van der Waals surface area contributed by atoms with Crippen molar-refractivity contribution in [2.24, 2.45) is 28.6 Å². The van der Waals surface area contributed by atoms with E-state index in [9.17, 15) is 10.1 Å². The fourth-order valence-corrected chi connectivity index (χ4v) is 6.96. The predicted molar refractivity (Wildman–Crippen MR) is 96.6 cm³/mol. The van der Waals surface area contributed by atoms with Gasteiger partial charge in [-0.1, -0.05) is 31.1 Å². The number of carbonyl (C=O) groups excluding carboxylic acids is 1. The van der Waals surface area contributed by atoms with Crippen molar-refractivity contribution in [1.29, 1.82) is 5.26 Å². The van der Waals surface area contributed by atoms with Crippen LogP contribution in [0.1, 0.15) is 58.8 Å². The summed E-state index contributed by atoms with van der Waals surface area (Å²) in [5.41, 5.74) is 2.92. The fourth-order valence-electron chi connectivity index (χ4n) is 6.96. The number of carbonyl (C=O) groups is 1. The van der Waals surface area contributed by atoms with E-state index in [1.807, 2.05) is 7.11 Å². The van der Waals surface area contributed by atoms with E-state index >= 15 is 0 Å². The number of allylic oxidation sites excluding steroid dienone is 4. The van der Waals surface area contributed by atoms with Crippen LogP contribution in [0.2, 0.25) is 0 Å². The van der Waals surface area contributed by atoms with Crippen LogP contribution in [-0.2, 0) is 9.53 Å². The first kappa shape index (κ1) is 17.0. The zero-order valence-corrected chi connectivity index (χ0v) is 15.7. The number of hydrogen-bond acceptors (Lipinski definition) is 3. The number of nitriles is 1. The second-order valence-corrected chi connectivity index (χ2v) is 9.13. The van der Waals surface area contributed by atoms with Gasteiger partial charge < -0.3 is 4.74 Å². The number of ketones is 1. The molecule has 0 amide bonds. The molecule has 3 fully saturated rings. The molecule has 6 unspecified atom stereocenters. The van der Waals surface area contributed by atoms with E-state index < -0.39 is 0 Å². The van der Waals surface area contributed by atoms with E-state index in [4.69, 9.17) is 4.74 Å². The number of Topliss-reactive ketones (excluding diaryl/α,β-unsaturated/α-hetero) is 1. The molecule has 0 radical (unpaired) electrons. The molecule has 0 heterocycles. The predicted octanol–water partition coefficient (Wildman–Crippen LogP) is 4.59. The van der Waals surface area contributed by atoms with Crippen LogP contribution in [0.5, 0.6) is 0 Å². The molecule has 4 aliphatic carbocycles. The van der Waals surface area contributed by atoms with Crippen LogP contribution in [0.3, 0.4) is 0 Å². The van der Waals surface area contributed by atoms with Crippen molar-refractivity contribution in [3.8, 4) is 6.07 Å². The maximum absolute atomic E-state index is 12.0. The summed E-state index contributed by atoms with van der Waals surface area (Å²) in [6.45, 7) is 4.75. The highest BCUT2D eigenvalue weighted by Crippen LogP contribution is 2.66. The van der Waals surface area contributed by atoms with E-state index in [0.717, 1.165) is 32.1 Å². The van der Waals surface area contributed by atoms with E-state index in [0.29, 0.717) is 30.0 Å². The van der Waals surface area contributed by atoms with Gasteiger partial charge in [0, 0.05) is 26.0 Å². The Hall–Kier alpha value is -1.40. The van der Waals surface area contributed by atoms with Crippen molar-refractivity contribution in [1.82, 2.24) is 0 Å². The lowest BCUT2D eigenvalue weighted by molar-refractivity contribution is -0.131. The monoisotopic (exact) mass is 339 g/mol. The lowest BCUT2D eigenvalue weighted by atomic mass is 9.47. The average molecular weight is 339 g/mol. The van der Waals surface area contributed by atoms with Crippen LogP contribution >= 0.6 is 0 Å². The topological polar surface area (TPSA) is 50.1 Å². The molecule has 3 nitrogen and oxygen atoms in total. The molecule has 3 saturated carbocycles. The molecule has 3 heteroatoms.